The number of nitrogens with zero attached hydrogens (tertiary/aromatic N) is 6. The first-order chi connectivity index (χ1) is 14.7. The fourth-order valence-electron chi connectivity index (χ4n) is 2.81. The molecule has 1 atom stereocenters. The molecule has 1 aliphatic rings. The fourth-order valence-corrected chi connectivity index (χ4v) is 2.81. The zero-order chi connectivity index (χ0) is 22.2. The molecule has 1 N–H and O–H groups in total. The van der Waals surface area contributed by atoms with Crippen LogP contribution in [0.15, 0.2) is 56.2 Å². The second kappa shape index (κ2) is 17.1. The Labute approximate surface area is 195 Å². The van der Waals surface area contributed by atoms with Gasteiger partial charge in [0.1, 0.15) is 0 Å². The van der Waals surface area contributed by atoms with Gasteiger partial charge in [0.15, 0.2) is 0 Å². The molecule has 3 aromatic rings. The van der Waals surface area contributed by atoms with Crippen molar-refractivity contribution in [3.63, 3.8) is 0 Å². The number of carboxylic acids is 1. The van der Waals surface area contributed by atoms with Crippen LogP contribution >= 0.6 is 0 Å². The summed E-state index contributed by atoms with van der Waals surface area (Å²) in [6.45, 7) is 9.00. The largest absolute Gasteiger partial charge is 2.00 e. The maximum absolute atomic E-state index is 10.2. The van der Waals surface area contributed by atoms with Gasteiger partial charge in [-0.15, -0.1) is 0 Å². The van der Waals surface area contributed by atoms with E-state index in [-0.39, 0.29) is 40.5 Å². The maximum atomic E-state index is 10.2. The quantitative estimate of drug-likeness (QED) is 0.321. The van der Waals surface area contributed by atoms with Crippen molar-refractivity contribution in [1.29, 1.82) is 0 Å². The minimum atomic E-state index is -0.698. The zero-order valence-electron chi connectivity index (χ0n) is 16.5. The predicted molar refractivity (Wildman–Crippen MR) is 104 cm³/mol. The molecule has 4 radical (unpaired) electrons. The molecule has 0 amide bonds. The number of aromatic nitrogens is 6. The molecule has 3 heterocycles. The number of aliphatic carboxylic acids is 1. The molecule has 4 rings (SSSR count). The number of imidazole rings is 3. The molecule has 10 nitrogen and oxygen atoms in total. The van der Waals surface area contributed by atoms with Crippen LogP contribution in [0.25, 0.3) is 0 Å². The maximum Gasteiger partial charge on any atom is 2.00 e. The molecule has 1 unspecified atom stereocenters. The van der Waals surface area contributed by atoms with Crippen LogP contribution in [0.3, 0.4) is 0 Å². The minimum Gasteiger partial charge on any atom is -0.498 e. The Morgan fingerprint density at radius 1 is 0.968 bits per heavy atom. The third-order valence-corrected chi connectivity index (χ3v) is 4.03. The van der Waals surface area contributed by atoms with E-state index in [1.807, 2.05) is 44.9 Å². The molecule has 31 heavy (non-hydrogen) atoms. The first-order valence-corrected chi connectivity index (χ1v) is 8.79. The molecule has 0 spiro atoms. The summed E-state index contributed by atoms with van der Waals surface area (Å²) in [7, 11) is -0.0486. The van der Waals surface area contributed by atoms with Crippen molar-refractivity contribution in [3.8, 4) is 0 Å². The van der Waals surface area contributed by atoms with Gasteiger partial charge in [-0.2, -0.15) is 0 Å². The Balaban J connectivity index is 0.000000524. The smallest absolute Gasteiger partial charge is 0.498 e. The van der Waals surface area contributed by atoms with E-state index >= 15 is 0 Å². The van der Waals surface area contributed by atoms with Crippen LogP contribution in [0.4, 0.5) is 0 Å². The summed E-state index contributed by atoms with van der Waals surface area (Å²) in [6.07, 6.45) is 24.6. The van der Waals surface area contributed by atoms with E-state index in [9.17, 15) is 4.79 Å². The number of carbonyl (C=O) groups is 1. The van der Waals surface area contributed by atoms with E-state index in [2.05, 4.69) is 34.7 Å². The average molecular weight is 503 g/mol. The second-order valence-corrected chi connectivity index (χ2v) is 5.93. The van der Waals surface area contributed by atoms with Gasteiger partial charge in [0.05, 0.1) is 19.0 Å². The van der Waals surface area contributed by atoms with E-state index in [1.54, 1.807) is 37.6 Å². The van der Waals surface area contributed by atoms with Gasteiger partial charge in [0.2, 0.25) is 7.12 Å². The summed E-state index contributed by atoms with van der Waals surface area (Å²) in [5, 5.41) is 8.42. The number of rotatable bonds is 5. The summed E-state index contributed by atoms with van der Waals surface area (Å²) in [5.41, 5.74) is 0. The van der Waals surface area contributed by atoms with Gasteiger partial charge in [0, 0.05) is 25.0 Å². The Morgan fingerprint density at radius 2 is 1.42 bits per heavy atom. The van der Waals surface area contributed by atoms with Gasteiger partial charge in [-0.1, -0.05) is 0 Å². The van der Waals surface area contributed by atoms with Gasteiger partial charge in [-0.05, 0) is 56.6 Å². The van der Waals surface area contributed by atoms with Crippen LogP contribution in [-0.4, -0.2) is 46.6 Å². The SMILES string of the molecule is O=C(O)CC1[CH][CH][CH]CC1.[C-]#[O+].[C-]#[O+].[Mo+2].c1cn([B-](n2ccnc2)n2ccnc2)cn1. The molecule has 0 aromatic carbocycles. The van der Waals surface area contributed by atoms with E-state index in [0.717, 1.165) is 12.8 Å². The van der Waals surface area contributed by atoms with Crippen molar-refractivity contribution >= 4 is 13.1 Å². The average Bonchev–Trinajstić information content (AvgIpc) is 3.57. The van der Waals surface area contributed by atoms with Gasteiger partial charge >= 0.3 is 49.6 Å². The number of hydrogen-bond acceptors (Lipinski definition) is 4. The normalized spacial score (nSPS) is 12.5. The molecule has 0 saturated heterocycles. The molecule has 0 bridgehead atoms. The van der Waals surface area contributed by atoms with Crippen molar-refractivity contribution in [1.82, 2.24) is 28.4 Å². The van der Waals surface area contributed by atoms with E-state index in [0.29, 0.717) is 0 Å². The number of carboxylic acid groups (broad SMARTS) is 1. The van der Waals surface area contributed by atoms with Crippen molar-refractivity contribution in [2.75, 3.05) is 0 Å². The molecular weight excluding hydrogens is 483 g/mol. The van der Waals surface area contributed by atoms with Gasteiger partial charge in [-0.25, -0.2) is 15.0 Å². The molecule has 158 valence electrons. The Morgan fingerprint density at radius 3 is 1.71 bits per heavy atom. The second-order valence-electron chi connectivity index (χ2n) is 5.93. The Bertz CT molecular complexity index is 759. The fraction of sp³-hybridized carbons (Fsp3) is 0.211. The van der Waals surface area contributed by atoms with Crippen LogP contribution in [0.1, 0.15) is 19.3 Å². The zero-order valence-corrected chi connectivity index (χ0v) is 18.5. The summed E-state index contributed by atoms with van der Waals surface area (Å²) < 4.78 is 20.9. The van der Waals surface area contributed by atoms with Gasteiger partial charge in [-0.3, -0.25) is 4.79 Å². The summed E-state index contributed by atoms with van der Waals surface area (Å²) in [5.74, 6) is -0.431. The number of hydrogen-bond donors (Lipinski definition) is 1. The first-order valence-electron chi connectivity index (χ1n) is 8.79. The van der Waals surface area contributed by atoms with E-state index < -0.39 is 5.97 Å². The van der Waals surface area contributed by atoms with E-state index in [4.69, 9.17) is 14.4 Å². The van der Waals surface area contributed by atoms with E-state index in [1.165, 1.54) is 0 Å². The van der Waals surface area contributed by atoms with Crippen LogP contribution < -0.4 is 0 Å². The monoisotopic (exact) mass is 505 g/mol. The third-order valence-electron chi connectivity index (χ3n) is 4.03. The van der Waals surface area contributed by atoms with Crippen LogP contribution in [-0.2, 0) is 35.2 Å². The molecule has 1 fully saturated rings. The standard InChI is InChI=1S/C9H9BN6.C8H11O2.2CO.Mo/c1-4-14(7-11-1)10(15-5-2-12-8-15)16-6-3-13-9-16;9-8(10)6-7-4-2-1-3-5-7;2*1-2;/h1-9H;1-2,4,7H,3,5-6H2,(H,9,10);;;/q-1;;;;+2. The molecule has 1 saturated carbocycles. The van der Waals surface area contributed by atoms with Gasteiger partial charge < -0.3 is 18.5 Å². The Kier molecular flexibility index (Phi) is 15.6. The van der Waals surface area contributed by atoms with Crippen LogP contribution in [0.2, 0.25) is 0 Å². The van der Waals surface area contributed by atoms with Crippen molar-refractivity contribution in [2.24, 2.45) is 5.92 Å². The third kappa shape index (κ3) is 9.79. The van der Waals surface area contributed by atoms with Crippen LogP contribution in [0.5, 0.6) is 0 Å². The Hall–Kier alpha value is -2.67. The van der Waals surface area contributed by atoms with Crippen molar-refractivity contribution in [3.05, 3.63) is 88.7 Å². The summed E-state index contributed by atoms with van der Waals surface area (Å²) in [6, 6.07) is 0. The van der Waals surface area contributed by atoms with Crippen LogP contribution in [0, 0.1) is 38.5 Å². The first kappa shape index (κ1) is 28.3. The molecule has 12 heteroatoms. The summed E-state index contributed by atoms with van der Waals surface area (Å²) >= 11 is 0. The van der Waals surface area contributed by atoms with Gasteiger partial charge in [0.25, 0.3) is 0 Å². The minimum absolute atomic E-state index is 0. The molecule has 3 aromatic heterocycles. The molecular formula is C19H20BMoN6O4+. The van der Waals surface area contributed by atoms with Crippen molar-refractivity contribution in [2.45, 2.75) is 19.3 Å². The molecule has 0 aliphatic heterocycles. The predicted octanol–water partition coefficient (Wildman–Crippen LogP) is 1.61. The topological polar surface area (TPSA) is 131 Å². The van der Waals surface area contributed by atoms with Crippen molar-refractivity contribution < 1.29 is 40.3 Å². The summed E-state index contributed by atoms with van der Waals surface area (Å²) in [4.78, 5) is 22.4. The molecule has 1 aliphatic carbocycles.